The molecule has 1 N–H and O–H groups in total. The van der Waals surface area contributed by atoms with Gasteiger partial charge in [-0.25, -0.2) is 0 Å². The molecule has 3 amide bonds. The van der Waals surface area contributed by atoms with E-state index >= 15 is 0 Å². The fraction of sp³-hybridized carbons (Fsp3) is 0.348. The van der Waals surface area contributed by atoms with E-state index in [1.807, 2.05) is 60.5 Å². The Labute approximate surface area is 180 Å². The van der Waals surface area contributed by atoms with Crippen molar-refractivity contribution in [2.24, 2.45) is 5.92 Å². The fourth-order valence-corrected chi connectivity index (χ4v) is 4.54. The molecule has 0 radical (unpaired) electrons. The average Bonchev–Trinajstić information content (AvgIpc) is 3.36. The monoisotopic (exact) mass is 423 g/mol. The summed E-state index contributed by atoms with van der Waals surface area (Å²) in [6, 6.07) is 13.5. The minimum absolute atomic E-state index is 0.0487. The lowest BCUT2D eigenvalue weighted by atomic mass is 10.1. The topological polar surface area (TPSA) is 69.7 Å². The van der Waals surface area contributed by atoms with Gasteiger partial charge in [-0.2, -0.15) is 0 Å². The standard InChI is InChI=1S/C23H25N3O3S/c1-3-21(27)25-10-9-15-11-18(7-8-20(15)25)26-14-16(12-22(26)28)23(29)24-17-5-4-6-19(13-17)30-2/h4-8,11,13,16H,3,9-10,12,14H2,1-2H3,(H,24,29)/t16-/m0/s1. The predicted octanol–water partition coefficient (Wildman–Crippen LogP) is 3.70. The number of thioether (sulfide) groups is 1. The first kappa shape index (κ1) is 20.5. The number of amides is 3. The van der Waals surface area contributed by atoms with E-state index in [0.29, 0.717) is 19.5 Å². The molecule has 7 heteroatoms. The SMILES string of the molecule is CCC(=O)N1CCc2cc(N3C[C@@H](C(=O)Nc4cccc(SC)c4)CC3=O)ccc21. The maximum absolute atomic E-state index is 12.7. The number of rotatable bonds is 5. The van der Waals surface area contributed by atoms with Gasteiger partial charge in [0, 0.05) is 47.9 Å². The molecule has 0 saturated carbocycles. The van der Waals surface area contributed by atoms with Crippen molar-refractivity contribution in [1.29, 1.82) is 0 Å². The van der Waals surface area contributed by atoms with Crippen LogP contribution in [-0.2, 0) is 20.8 Å². The van der Waals surface area contributed by atoms with Gasteiger partial charge in [-0.3, -0.25) is 14.4 Å². The molecule has 0 aromatic heterocycles. The van der Waals surface area contributed by atoms with E-state index in [4.69, 9.17) is 0 Å². The summed E-state index contributed by atoms with van der Waals surface area (Å²) in [5.41, 5.74) is 3.55. The van der Waals surface area contributed by atoms with Crippen molar-refractivity contribution in [1.82, 2.24) is 0 Å². The Bertz CT molecular complexity index is 1010. The first-order chi connectivity index (χ1) is 14.5. The summed E-state index contributed by atoms with van der Waals surface area (Å²) in [4.78, 5) is 42.0. The lowest BCUT2D eigenvalue weighted by molar-refractivity contribution is -0.122. The number of fused-ring (bicyclic) bond motifs is 1. The van der Waals surface area contributed by atoms with Gasteiger partial charge in [0.15, 0.2) is 0 Å². The summed E-state index contributed by atoms with van der Waals surface area (Å²) in [6.45, 7) is 2.91. The van der Waals surface area contributed by atoms with Crippen LogP contribution in [0.4, 0.5) is 17.1 Å². The van der Waals surface area contributed by atoms with Crippen molar-refractivity contribution < 1.29 is 14.4 Å². The normalized spacial score (nSPS) is 17.9. The number of nitrogens with zero attached hydrogens (tertiary/aromatic N) is 2. The first-order valence-electron chi connectivity index (χ1n) is 10.2. The fourth-order valence-electron chi connectivity index (χ4n) is 4.08. The van der Waals surface area contributed by atoms with Gasteiger partial charge in [-0.15, -0.1) is 11.8 Å². The van der Waals surface area contributed by atoms with E-state index in [-0.39, 0.29) is 30.1 Å². The van der Waals surface area contributed by atoms with E-state index in [1.54, 1.807) is 16.7 Å². The van der Waals surface area contributed by atoms with Crippen LogP contribution in [0.5, 0.6) is 0 Å². The molecule has 0 bridgehead atoms. The van der Waals surface area contributed by atoms with E-state index in [2.05, 4.69) is 5.32 Å². The van der Waals surface area contributed by atoms with E-state index in [9.17, 15) is 14.4 Å². The smallest absolute Gasteiger partial charge is 0.229 e. The molecule has 1 fully saturated rings. The van der Waals surface area contributed by atoms with Gasteiger partial charge in [0.1, 0.15) is 0 Å². The molecule has 0 aliphatic carbocycles. The third-order valence-corrected chi connectivity index (χ3v) is 6.43. The summed E-state index contributed by atoms with van der Waals surface area (Å²) in [5, 5.41) is 2.94. The van der Waals surface area contributed by atoms with Crippen molar-refractivity contribution in [2.75, 3.05) is 34.5 Å². The molecule has 6 nitrogen and oxygen atoms in total. The number of carbonyl (C=O) groups excluding carboxylic acids is 3. The van der Waals surface area contributed by atoms with Crippen LogP contribution in [-0.4, -0.2) is 37.1 Å². The number of hydrogen-bond acceptors (Lipinski definition) is 4. The molecule has 30 heavy (non-hydrogen) atoms. The van der Waals surface area contributed by atoms with Crippen LogP contribution in [0.25, 0.3) is 0 Å². The van der Waals surface area contributed by atoms with Crippen LogP contribution >= 0.6 is 11.8 Å². The maximum Gasteiger partial charge on any atom is 0.229 e. The van der Waals surface area contributed by atoms with Crippen molar-refractivity contribution in [3.63, 3.8) is 0 Å². The summed E-state index contributed by atoms with van der Waals surface area (Å²) in [5.74, 6) is -0.458. The van der Waals surface area contributed by atoms with Crippen LogP contribution in [0.2, 0.25) is 0 Å². The number of hydrogen-bond donors (Lipinski definition) is 1. The van der Waals surface area contributed by atoms with Crippen LogP contribution in [0.1, 0.15) is 25.3 Å². The molecule has 2 aliphatic heterocycles. The van der Waals surface area contributed by atoms with Gasteiger partial charge in [0.25, 0.3) is 0 Å². The Hall–Kier alpha value is -2.80. The molecule has 0 spiro atoms. The highest BCUT2D eigenvalue weighted by Gasteiger charge is 2.36. The molecule has 1 atom stereocenters. The molecule has 156 valence electrons. The molecule has 2 aromatic carbocycles. The number of anilines is 3. The summed E-state index contributed by atoms with van der Waals surface area (Å²) in [7, 11) is 0. The van der Waals surface area contributed by atoms with E-state index in [1.165, 1.54) is 0 Å². The van der Waals surface area contributed by atoms with Gasteiger partial charge in [0.05, 0.1) is 5.92 Å². The van der Waals surface area contributed by atoms with E-state index in [0.717, 1.165) is 33.9 Å². The van der Waals surface area contributed by atoms with Crippen molar-refractivity contribution in [3.05, 3.63) is 48.0 Å². The third-order valence-electron chi connectivity index (χ3n) is 5.71. The Morgan fingerprint density at radius 1 is 1.20 bits per heavy atom. The van der Waals surface area contributed by atoms with Crippen LogP contribution < -0.4 is 15.1 Å². The molecule has 0 unspecified atom stereocenters. The molecular formula is C23H25N3O3S. The Kier molecular flexibility index (Phi) is 5.81. The second-order valence-electron chi connectivity index (χ2n) is 7.59. The van der Waals surface area contributed by atoms with Gasteiger partial charge >= 0.3 is 0 Å². The van der Waals surface area contributed by atoms with Gasteiger partial charge in [-0.05, 0) is 54.6 Å². The van der Waals surface area contributed by atoms with Crippen LogP contribution in [0, 0.1) is 5.92 Å². The second-order valence-corrected chi connectivity index (χ2v) is 8.47. The zero-order valence-corrected chi connectivity index (χ0v) is 18.0. The quantitative estimate of drug-likeness (QED) is 0.745. The highest BCUT2D eigenvalue weighted by molar-refractivity contribution is 7.98. The highest BCUT2D eigenvalue weighted by atomic mass is 32.2. The van der Waals surface area contributed by atoms with Crippen molar-refractivity contribution in [2.45, 2.75) is 31.1 Å². The Balaban J connectivity index is 1.46. The first-order valence-corrected chi connectivity index (χ1v) is 11.4. The lowest BCUT2D eigenvalue weighted by Crippen LogP contribution is -2.28. The summed E-state index contributed by atoms with van der Waals surface area (Å²) >= 11 is 1.62. The minimum Gasteiger partial charge on any atom is -0.326 e. The molecule has 2 heterocycles. The third kappa shape index (κ3) is 3.94. The van der Waals surface area contributed by atoms with Gasteiger partial charge in [0.2, 0.25) is 17.7 Å². The summed E-state index contributed by atoms with van der Waals surface area (Å²) in [6.07, 6.45) is 3.45. The van der Waals surface area contributed by atoms with Crippen LogP contribution in [0.15, 0.2) is 47.4 Å². The highest BCUT2D eigenvalue weighted by Crippen LogP contribution is 2.34. The Morgan fingerprint density at radius 3 is 2.80 bits per heavy atom. The van der Waals surface area contributed by atoms with E-state index < -0.39 is 0 Å². The van der Waals surface area contributed by atoms with Gasteiger partial charge < -0.3 is 15.1 Å². The summed E-state index contributed by atoms with van der Waals surface area (Å²) < 4.78 is 0. The molecular weight excluding hydrogens is 398 g/mol. The average molecular weight is 424 g/mol. The van der Waals surface area contributed by atoms with Gasteiger partial charge in [-0.1, -0.05) is 13.0 Å². The molecule has 4 rings (SSSR count). The predicted molar refractivity (Wildman–Crippen MR) is 120 cm³/mol. The number of nitrogens with one attached hydrogen (secondary N) is 1. The zero-order valence-electron chi connectivity index (χ0n) is 17.2. The maximum atomic E-state index is 12.7. The molecule has 2 aromatic rings. The zero-order chi connectivity index (χ0) is 21.3. The molecule has 1 saturated heterocycles. The Morgan fingerprint density at radius 2 is 2.03 bits per heavy atom. The van der Waals surface area contributed by atoms with Crippen LogP contribution in [0.3, 0.4) is 0 Å². The largest absolute Gasteiger partial charge is 0.326 e. The van der Waals surface area contributed by atoms with Crippen molar-refractivity contribution in [3.8, 4) is 0 Å². The minimum atomic E-state index is -0.387. The lowest BCUT2D eigenvalue weighted by Gasteiger charge is -2.20. The number of carbonyl (C=O) groups is 3. The second kappa shape index (κ2) is 8.52. The molecule has 2 aliphatic rings. The number of benzene rings is 2. The van der Waals surface area contributed by atoms with Crippen molar-refractivity contribution >= 4 is 46.5 Å².